The molecule has 0 saturated carbocycles. The standard InChI is InChI=1S/C23H37N7O5/c1-14(2)11-17(30-20(32)16(24)9-6-10-27-23(25)26)21(33)28-13-19(31)29-18(22(34)35)12-15-7-4-3-5-8-15/h3-5,7-8,14,16-18H,6,9-13,24H2,1-2H3,(H,28,33)(H,29,31)(H,30,32)(H,34,35)(H4,25,26,27). The van der Waals surface area contributed by atoms with E-state index in [4.69, 9.17) is 17.2 Å². The number of nitrogens with one attached hydrogen (secondary N) is 3. The third kappa shape index (κ3) is 12.4. The SMILES string of the molecule is CC(C)CC(NC(=O)C(N)CCCN=C(N)N)C(=O)NCC(=O)NC(Cc1ccccc1)C(=O)O. The maximum atomic E-state index is 12.7. The molecule has 194 valence electrons. The maximum absolute atomic E-state index is 12.7. The molecule has 0 aliphatic carbocycles. The Morgan fingerprint density at radius 3 is 2.23 bits per heavy atom. The molecule has 0 spiro atoms. The number of rotatable bonds is 15. The van der Waals surface area contributed by atoms with Gasteiger partial charge in [0.1, 0.15) is 12.1 Å². The summed E-state index contributed by atoms with van der Waals surface area (Å²) < 4.78 is 0. The van der Waals surface area contributed by atoms with E-state index in [2.05, 4.69) is 20.9 Å². The second-order valence-corrected chi connectivity index (χ2v) is 8.61. The number of nitrogens with two attached hydrogens (primary N) is 3. The average Bonchev–Trinajstić information content (AvgIpc) is 2.79. The van der Waals surface area contributed by atoms with Gasteiger partial charge in [-0.1, -0.05) is 44.2 Å². The van der Waals surface area contributed by atoms with Crippen molar-refractivity contribution in [3.05, 3.63) is 35.9 Å². The molecule has 0 radical (unpaired) electrons. The number of aliphatic imine (C=N–C) groups is 1. The summed E-state index contributed by atoms with van der Waals surface area (Å²) in [4.78, 5) is 52.8. The summed E-state index contributed by atoms with van der Waals surface area (Å²) in [6, 6.07) is 5.96. The number of carboxylic acids is 1. The number of amides is 3. The molecule has 10 N–H and O–H groups in total. The Kier molecular flexibility index (Phi) is 12.8. The van der Waals surface area contributed by atoms with Gasteiger partial charge in [0.2, 0.25) is 17.7 Å². The van der Waals surface area contributed by atoms with Gasteiger partial charge in [-0.25, -0.2) is 4.79 Å². The smallest absolute Gasteiger partial charge is 0.326 e. The van der Waals surface area contributed by atoms with E-state index in [9.17, 15) is 24.3 Å². The van der Waals surface area contributed by atoms with Gasteiger partial charge in [0.25, 0.3) is 0 Å². The second kappa shape index (κ2) is 15.3. The zero-order valence-corrected chi connectivity index (χ0v) is 20.2. The summed E-state index contributed by atoms with van der Waals surface area (Å²) in [5.41, 5.74) is 17.2. The molecular weight excluding hydrogens is 454 g/mol. The van der Waals surface area contributed by atoms with Crippen molar-refractivity contribution in [3.63, 3.8) is 0 Å². The van der Waals surface area contributed by atoms with Gasteiger partial charge >= 0.3 is 5.97 Å². The zero-order valence-electron chi connectivity index (χ0n) is 20.2. The normalized spacial score (nSPS) is 13.3. The van der Waals surface area contributed by atoms with Gasteiger partial charge in [-0.15, -0.1) is 0 Å². The first-order valence-corrected chi connectivity index (χ1v) is 11.4. The molecule has 3 amide bonds. The molecule has 1 rings (SSSR count). The molecule has 1 aromatic rings. The topological polar surface area (TPSA) is 215 Å². The number of benzene rings is 1. The summed E-state index contributed by atoms with van der Waals surface area (Å²) in [7, 11) is 0. The molecule has 35 heavy (non-hydrogen) atoms. The van der Waals surface area contributed by atoms with Crippen molar-refractivity contribution in [2.45, 2.75) is 57.7 Å². The molecule has 12 heteroatoms. The van der Waals surface area contributed by atoms with Crippen LogP contribution in [0.25, 0.3) is 0 Å². The molecule has 0 saturated heterocycles. The van der Waals surface area contributed by atoms with Crippen LogP contribution in [0.2, 0.25) is 0 Å². The van der Waals surface area contributed by atoms with Gasteiger partial charge in [-0.05, 0) is 30.7 Å². The summed E-state index contributed by atoms with van der Waals surface area (Å²) in [6.07, 6.45) is 1.23. The predicted octanol–water partition coefficient (Wildman–Crippen LogP) is -1.17. The fourth-order valence-corrected chi connectivity index (χ4v) is 3.22. The third-order valence-corrected chi connectivity index (χ3v) is 4.98. The van der Waals surface area contributed by atoms with Crippen LogP contribution >= 0.6 is 0 Å². The fraction of sp³-hybridized carbons (Fsp3) is 0.522. The molecule has 12 nitrogen and oxygen atoms in total. The van der Waals surface area contributed by atoms with Crippen molar-refractivity contribution in [2.75, 3.05) is 13.1 Å². The molecule has 0 aromatic heterocycles. The lowest BCUT2D eigenvalue weighted by atomic mass is 10.0. The number of aliphatic carboxylic acids is 1. The van der Waals surface area contributed by atoms with Gasteiger partial charge < -0.3 is 38.3 Å². The van der Waals surface area contributed by atoms with E-state index in [1.165, 1.54) is 0 Å². The van der Waals surface area contributed by atoms with E-state index in [1.54, 1.807) is 30.3 Å². The number of guanidine groups is 1. The first kappa shape index (κ1) is 29.4. The molecule has 0 aliphatic heterocycles. The third-order valence-electron chi connectivity index (χ3n) is 4.98. The van der Waals surface area contributed by atoms with Crippen LogP contribution < -0.4 is 33.2 Å². The van der Waals surface area contributed by atoms with Gasteiger partial charge in [0, 0.05) is 13.0 Å². The average molecular weight is 492 g/mol. The Bertz CT molecular complexity index is 872. The van der Waals surface area contributed by atoms with E-state index in [0.29, 0.717) is 25.8 Å². The highest BCUT2D eigenvalue weighted by Crippen LogP contribution is 2.07. The lowest BCUT2D eigenvalue weighted by Crippen LogP contribution is -2.54. The fourth-order valence-electron chi connectivity index (χ4n) is 3.22. The van der Waals surface area contributed by atoms with Crippen LogP contribution in [0, 0.1) is 5.92 Å². The predicted molar refractivity (Wildman–Crippen MR) is 132 cm³/mol. The van der Waals surface area contributed by atoms with Crippen molar-refractivity contribution < 1.29 is 24.3 Å². The molecule has 0 bridgehead atoms. The van der Waals surface area contributed by atoms with Crippen molar-refractivity contribution in [2.24, 2.45) is 28.1 Å². The number of carboxylic acid groups (broad SMARTS) is 1. The van der Waals surface area contributed by atoms with Gasteiger partial charge in [-0.3, -0.25) is 19.4 Å². The second-order valence-electron chi connectivity index (χ2n) is 8.61. The van der Waals surface area contributed by atoms with E-state index < -0.39 is 48.4 Å². The molecule has 0 heterocycles. The highest BCUT2D eigenvalue weighted by Gasteiger charge is 2.26. The molecular formula is C23H37N7O5. The van der Waals surface area contributed by atoms with Crippen molar-refractivity contribution in [3.8, 4) is 0 Å². The van der Waals surface area contributed by atoms with E-state index >= 15 is 0 Å². The van der Waals surface area contributed by atoms with Crippen LogP contribution in [0.4, 0.5) is 0 Å². The van der Waals surface area contributed by atoms with Crippen LogP contribution in [-0.4, -0.2) is 66.0 Å². The Labute approximate surface area is 205 Å². The van der Waals surface area contributed by atoms with Gasteiger partial charge in [0.15, 0.2) is 5.96 Å². The summed E-state index contributed by atoms with van der Waals surface area (Å²) in [6.45, 7) is 3.66. The Morgan fingerprint density at radius 1 is 1.00 bits per heavy atom. The van der Waals surface area contributed by atoms with Gasteiger partial charge in [0.05, 0.1) is 12.6 Å². The van der Waals surface area contributed by atoms with Crippen molar-refractivity contribution in [1.29, 1.82) is 0 Å². The van der Waals surface area contributed by atoms with Crippen LogP contribution in [-0.2, 0) is 25.6 Å². The monoisotopic (exact) mass is 491 g/mol. The van der Waals surface area contributed by atoms with E-state index in [-0.39, 0.29) is 18.3 Å². The first-order chi connectivity index (χ1) is 16.5. The highest BCUT2D eigenvalue weighted by molar-refractivity contribution is 5.92. The summed E-state index contributed by atoms with van der Waals surface area (Å²) in [5, 5.41) is 16.9. The summed E-state index contributed by atoms with van der Waals surface area (Å²) in [5.74, 6) is -2.89. The number of hydrogen-bond acceptors (Lipinski definition) is 6. The minimum absolute atomic E-state index is 0.0459. The molecule has 0 fully saturated rings. The van der Waals surface area contributed by atoms with E-state index in [0.717, 1.165) is 5.56 Å². The number of carbonyl (C=O) groups is 4. The summed E-state index contributed by atoms with van der Waals surface area (Å²) >= 11 is 0. The first-order valence-electron chi connectivity index (χ1n) is 11.4. The quantitative estimate of drug-likeness (QED) is 0.0898. The van der Waals surface area contributed by atoms with Crippen LogP contribution in [0.5, 0.6) is 0 Å². The number of carbonyl (C=O) groups excluding carboxylic acids is 3. The highest BCUT2D eigenvalue weighted by atomic mass is 16.4. The molecule has 3 atom stereocenters. The zero-order chi connectivity index (χ0) is 26.4. The minimum Gasteiger partial charge on any atom is -0.480 e. The maximum Gasteiger partial charge on any atom is 0.326 e. The minimum atomic E-state index is -1.19. The number of nitrogens with zero attached hydrogens (tertiary/aromatic N) is 1. The van der Waals surface area contributed by atoms with E-state index in [1.807, 2.05) is 13.8 Å². The largest absolute Gasteiger partial charge is 0.480 e. The van der Waals surface area contributed by atoms with Crippen LogP contribution in [0.15, 0.2) is 35.3 Å². The van der Waals surface area contributed by atoms with Crippen LogP contribution in [0.1, 0.15) is 38.7 Å². The van der Waals surface area contributed by atoms with Crippen LogP contribution in [0.3, 0.4) is 0 Å². The van der Waals surface area contributed by atoms with Crippen molar-refractivity contribution in [1.82, 2.24) is 16.0 Å². The molecule has 1 aromatic carbocycles. The Morgan fingerprint density at radius 2 is 1.66 bits per heavy atom. The Hall–Kier alpha value is -3.67. The lowest BCUT2D eigenvalue weighted by molar-refractivity contribution is -0.141. The molecule has 0 aliphatic rings. The van der Waals surface area contributed by atoms with Gasteiger partial charge in [-0.2, -0.15) is 0 Å². The van der Waals surface area contributed by atoms with Crippen molar-refractivity contribution >= 4 is 29.7 Å². The lowest BCUT2D eigenvalue weighted by Gasteiger charge is -2.22. The molecule has 3 unspecified atom stereocenters. The number of hydrogen-bond donors (Lipinski definition) is 7. The Balaban J connectivity index is 2.62.